The van der Waals surface area contributed by atoms with Gasteiger partial charge in [0.05, 0.1) is 6.54 Å². The summed E-state index contributed by atoms with van der Waals surface area (Å²) >= 11 is 0. The molecule has 0 aromatic heterocycles. The maximum atomic E-state index is 12.1. The third-order valence-electron chi connectivity index (χ3n) is 4.86. The van der Waals surface area contributed by atoms with Gasteiger partial charge < -0.3 is 11.1 Å². The van der Waals surface area contributed by atoms with E-state index in [1.807, 2.05) is 0 Å². The zero-order valence-electron chi connectivity index (χ0n) is 12.2. The van der Waals surface area contributed by atoms with Gasteiger partial charge in [-0.3, -0.25) is 9.69 Å². The van der Waals surface area contributed by atoms with Crippen molar-refractivity contribution in [3.63, 3.8) is 0 Å². The molecule has 0 aromatic carbocycles. The Labute approximate surface area is 117 Å². The summed E-state index contributed by atoms with van der Waals surface area (Å²) in [5.41, 5.74) is 5.88. The van der Waals surface area contributed by atoms with Crippen LogP contribution in [0.1, 0.15) is 51.9 Å². The predicted octanol–water partition coefficient (Wildman–Crippen LogP) is 1.49. The molecule has 1 aliphatic carbocycles. The van der Waals surface area contributed by atoms with Crippen LogP contribution in [0.3, 0.4) is 0 Å². The zero-order valence-corrected chi connectivity index (χ0v) is 12.2. The summed E-state index contributed by atoms with van der Waals surface area (Å²) in [5, 5.41) is 3.17. The standard InChI is InChI=1S/C15H29N3O/c1-2-12-7-8-18(14(9-12)10-16)11-15(19)17-13-5-3-4-6-13/h12-14H,2-11,16H2,1H3,(H,17,19). The molecule has 0 radical (unpaired) electrons. The van der Waals surface area contributed by atoms with Crippen molar-refractivity contribution in [3.8, 4) is 0 Å². The Morgan fingerprint density at radius 1 is 1.32 bits per heavy atom. The minimum atomic E-state index is 0.195. The largest absolute Gasteiger partial charge is 0.352 e. The zero-order chi connectivity index (χ0) is 13.7. The summed E-state index contributed by atoms with van der Waals surface area (Å²) in [7, 11) is 0. The van der Waals surface area contributed by atoms with E-state index in [4.69, 9.17) is 5.73 Å². The van der Waals surface area contributed by atoms with E-state index in [9.17, 15) is 4.79 Å². The molecule has 19 heavy (non-hydrogen) atoms. The molecule has 2 unspecified atom stereocenters. The Kier molecular flexibility index (Phi) is 5.64. The minimum Gasteiger partial charge on any atom is -0.352 e. The summed E-state index contributed by atoms with van der Waals surface area (Å²) in [6.07, 6.45) is 8.44. The lowest BCUT2D eigenvalue weighted by Crippen LogP contribution is -2.51. The van der Waals surface area contributed by atoms with Crippen molar-refractivity contribution in [1.82, 2.24) is 10.2 Å². The molecule has 4 heteroatoms. The van der Waals surface area contributed by atoms with Gasteiger partial charge in [0, 0.05) is 18.6 Å². The highest BCUT2D eigenvalue weighted by Crippen LogP contribution is 2.24. The van der Waals surface area contributed by atoms with Gasteiger partial charge in [0.15, 0.2) is 0 Å². The van der Waals surface area contributed by atoms with Gasteiger partial charge >= 0.3 is 0 Å². The second-order valence-electron chi connectivity index (χ2n) is 6.21. The van der Waals surface area contributed by atoms with E-state index in [0.717, 1.165) is 31.7 Å². The van der Waals surface area contributed by atoms with Crippen LogP contribution in [0, 0.1) is 5.92 Å². The number of nitrogens with one attached hydrogen (secondary N) is 1. The molecule has 2 aliphatic rings. The normalized spacial score (nSPS) is 29.6. The van der Waals surface area contributed by atoms with Gasteiger partial charge in [0.1, 0.15) is 0 Å². The number of piperidine rings is 1. The number of hydrogen-bond acceptors (Lipinski definition) is 3. The first-order valence-corrected chi connectivity index (χ1v) is 7.96. The monoisotopic (exact) mass is 267 g/mol. The van der Waals surface area contributed by atoms with E-state index in [1.165, 1.54) is 25.7 Å². The van der Waals surface area contributed by atoms with Gasteiger partial charge in [-0.15, -0.1) is 0 Å². The molecular weight excluding hydrogens is 238 g/mol. The minimum absolute atomic E-state index is 0.195. The summed E-state index contributed by atoms with van der Waals surface area (Å²) in [6.45, 7) is 4.49. The molecule has 1 heterocycles. The third kappa shape index (κ3) is 4.18. The van der Waals surface area contributed by atoms with Crippen LogP contribution in [0.5, 0.6) is 0 Å². The fraction of sp³-hybridized carbons (Fsp3) is 0.933. The topological polar surface area (TPSA) is 58.4 Å². The number of nitrogens with two attached hydrogens (primary N) is 1. The fourth-order valence-corrected chi connectivity index (χ4v) is 3.53. The SMILES string of the molecule is CCC1CCN(CC(=O)NC2CCCC2)C(CN)C1. The Hall–Kier alpha value is -0.610. The Morgan fingerprint density at radius 2 is 2.05 bits per heavy atom. The molecule has 2 rings (SSSR count). The van der Waals surface area contributed by atoms with Crippen molar-refractivity contribution in [2.45, 2.75) is 64.0 Å². The molecule has 2 fully saturated rings. The third-order valence-corrected chi connectivity index (χ3v) is 4.86. The van der Waals surface area contributed by atoms with E-state index < -0.39 is 0 Å². The van der Waals surface area contributed by atoms with Crippen LogP contribution in [0.4, 0.5) is 0 Å². The van der Waals surface area contributed by atoms with Crippen LogP contribution in [0.25, 0.3) is 0 Å². The first-order valence-electron chi connectivity index (χ1n) is 7.96. The number of likely N-dealkylation sites (tertiary alicyclic amines) is 1. The predicted molar refractivity (Wildman–Crippen MR) is 77.8 cm³/mol. The van der Waals surface area contributed by atoms with Crippen LogP contribution in [0.15, 0.2) is 0 Å². The molecule has 0 spiro atoms. The van der Waals surface area contributed by atoms with E-state index in [-0.39, 0.29) is 5.91 Å². The lowest BCUT2D eigenvalue weighted by atomic mass is 9.89. The first-order chi connectivity index (χ1) is 9.22. The van der Waals surface area contributed by atoms with Gasteiger partial charge in [0.25, 0.3) is 0 Å². The molecule has 1 amide bonds. The number of rotatable bonds is 5. The highest BCUT2D eigenvalue weighted by atomic mass is 16.2. The highest BCUT2D eigenvalue weighted by molar-refractivity contribution is 5.78. The van der Waals surface area contributed by atoms with E-state index in [1.54, 1.807) is 0 Å². The molecule has 2 atom stereocenters. The molecule has 110 valence electrons. The molecular formula is C15H29N3O. The molecule has 3 N–H and O–H groups in total. The van der Waals surface area contributed by atoms with Crippen molar-refractivity contribution in [3.05, 3.63) is 0 Å². The second-order valence-corrected chi connectivity index (χ2v) is 6.21. The van der Waals surface area contributed by atoms with Crippen molar-refractivity contribution in [2.75, 3.05) is 19.6 Å². The number of carbonyl (C=O) groups excluding carboxylic acids is 1. The Morgan fingerprint density at radius 3 is 2.68 bits per heavy atom. The number of hydrogen-bond donors (Lipinski definition) is 2. The summed E-state index contributed by atoms with van der Waals surface area (Å²) < 4.78 is 0. The molecule has 0 bridgehead atoms. The van der Waals surface area contributed by atoms with Crippen molar-refractivity contribution in [2.24, 2.45) is 11.7 Å². The quantitative estimate of drug-likeness (QED) is 0.793. The smallest absolute Gasteiger partial charge is 0.234 e. The average molecular weight is 267 g/mol. The van der Waals surface area contributed by atoms with E-state index in [0.29, 0.717) is 25.2 Å². The molecule has 1 saturated heterocycles. The van der Waals surface area contributed by atoms with Gasteiger partial charge in [-0.05, 0) is 38.1 Å². The van der Waals surface area contributed by atoms with Gasteiger partial charge in [0.2, 0.25) is 5.91 Å². The average Bonchev–Trinajstić information content (AvgIpc) is 2.91. The maximum Gasteiger partial charge on any atom is 0.234 e. The van der Waals surface area contributed by atoms with Crippen LogP contribution in [-0.4, -0.2) is 42.5 Å². The lowest BCUT2D eigenvalue weighted by Gasteiger charge is -2.38. The van der Waals surface area contributed by atoms with Gasteiger partial charge in [-0.2, -0.15) is 0 Å². The lowest BCUT2D eigenvalue weighted by molar-refractivity contribution is -0.124. The molecule has 0 aromatic rings. The highest BCUT2D eigenvalue weighted by Gasteiger charge is 2.28. The number of amides is 1. The van der Waals surface area contributed by atoms with Gasteiger partial charge in [-0.25, -0.2) is 0 Å². The molecule has 1 saturated carbocycles. The Bertz CT molecular complexity index is 289. The fourth-order valence-electron chi connectivity index (χ4n) is 3.53. The molecule has 1 aliphatic heterocycles. The summed E-state index contributed by atoms with van der Waals surface area (Å²) in [6, 6.07) is 0.824. The molecule has 4 nitrogen and oxygen atoms in total. The maximum absolute atomic E-state index is 12.1. The van der Waals surface area contributed by atoms with Crippen LogP contribution >= 0.6 is 0 Å². The first kappa shape index (κ1) is 14.8. The Balaban J connectivity index is 1.78. The van der Waals surface area contributed by atoms with Crippen LogP contribution in [-0.2, 0) is 4.79 Å². The second kappa shape index (κ2) is 7.25. The number of nitrogens with zero attached hydrogens (tertiary/aromatic N) is 1. The van der Waals surface area contributed by atoms with E-state index in [2.05, 4.69) is 17.1 Å². The van der Waals surface area contributed by atoms with Crippen molar-refractivity contribution >= 4 is 5.91 Å². The van der Waals surface area contributed by atoms with Gasteiger partial charge in [-0.1, -0.05) is 26.2 Å². The summed E-state index contributed by atoms with van der Waals surface area (Å²) in [5.74, 6) is 0.989. The van der Waals surface area contributed by atoms with Crippen LogP contribution < -0.4 is 11.1 Å². The van der Waals surface area contributed by atoms with Crippen molar-refractivity contribution < 1.29 is 4.79 Å². The summed E-state index contributed by atoms with van der Waals surface area (Å²) in [4.78, 5) is 14.4. The number of carbonyl (C=O) groups is 1. The van der Waals surface area contributed by atoms with Crippen molar-refractivity contribution in [1.29, 1.82) is 0 Å². The van der Waals surface area contributed by atoms with Crippen LogP contribution in [0.2, 0.25) is 0 Å². The van der Waals surface area contributed by atoms with E-state index >= 15 is 0 Å².